The monoisotopic (exact) mass is 909 g/mol. The largest absolute Gasteiger partial charge is 0.462 e. The van der Waals surface area contributed by atoms with Crippen LogP contribution in [-0.2, 0) is 28.6 Å². The van der Waals surface area contributed by atoms with Gasteiger partial charge in [-0.25, -0.2) is 0 Å². The maximum atomic E-state index is 12.8. The van der Waals surface area contributed by atoms with Gasteiger partial charge in [-0.3, -0.25) is 14.4 Å². The number of hydrogen-bond acceptors (Lipinski definition) is 6. The fourth-order valence-electron chi connectivity index (χ4n) is 7.73. The van der Waals surface area contributed by atoms with E-state index in [1.54, 1.807) is 0 Å². The van der Waals surface area contributed by atoms with Crippen molar-refractivity contribution in [2.24, 2.45) is 0 Å². The van der Waals surface area contributed by atoms with E-state index in [-0.39, 0.29) is 31.1 Å². The number of carbonyl (C=O) groups is 3. The van der Waals surface area contributed by atoms with Crippen molar-refractivity contribution >= 4 is 17.9 Å². The van der Waals surface area contributed by atoms with Gasteiger partial charge < -0.3 is 14.2 Å². The van der Waals surface area contributed by atoms with Crippen LogP contribution >= 0.6 is 0 Å². The lowest BCUT2D eigenvalue weighted by atomic mass is 10.1. The molecule has 0 aromatic heterocycles. The minimum absolute atomic E-state index is 0.0842. The van der Waals surface area contributed by atoms with Crippen molar-refractivity contribution in [2.75, 3.05) is 13.2 Å². The van der Waals surface area contributed by atoms with E-state index in [4.69, 9.17) is 14.2 Å². The van der Waals surface area contributed by atoms with Crippen LogP contribution in [0, 0.1) is 0 Å². The van der Waals surface area contributed by atoms with Crippen LogP contribution in [0.15, 0.2) is 60.8 Å². The summed E-state index contributed by atoms with van der Waals surface area (Å²) < 4.78 is 16.8. The van der Waals surface area contributed by atoms with E-state index < -0.39 is 6.10 Å². The van der Waals surface area contributed by atoms with Gasteiger partial charge in [0.1, 0.15) is 13.2 Å². The summed E-state index contributed by atoms with van der Waals surface area (Å²) in [4.78, 5) is 38.1. The molecule has 0 aliphatic carbocycles. The third-order valence-corrected chi connectivity index (χ3v) is 12.0. The Balaban J connectivity index is 4.38. The molecular weight excluding hydrogens is 805 g/mol. The van der Waals surface area contributed by atoms with Crippen LogP contribution in [0.2, 0.25) is 0 Å². The first-order valence-corrected chi connectivity index (χ1v) is 27.8. The minimum atomic E-state index is -0.786. The van der Waals surface area contributed by atoms with Gasteiger partial charge >= 0.3 is 17.9 Å². The molecule has 0 N–H and O–H groups in total. The normalized spacial score (nSPS) is 12.5. The standard InChI is InChI=1S/C59H104O6/c1-4-7-10-13-16-19-22-25-27-28-29-30-32-34-37-40-43-46-49-52-58(61)64-55-56(54-63-57(60)51-48-45-42-39-36-33-24-21-18-15-12-9-6-3)65-59(62)53-50-47-44-41-38-35-31-26-23-20-17-14-11-8-5-2/h16-17,19-21,24-27,31,56H,4-15,18,22-23,28-30,32-55H2,1-3H3/b19-16-,20-17-,24-21-,27-25-,31-26-/t56-/m1/s1. The maximum absolute atomic E-state index is 12.8. The Labute approximate surface area is 402 Å². The molecule has 0 spiro atoms. The van der Waals surface area contributed by atoms with E-state index in [9.17, 15) is 14.4 Å². The van der Waals surface area contributed by atoms with Crippen LogP contribution in [0.1, 0.15) is 278 Å². The van der Waals surface area contributed by atoms with Gasteiger partial charge in [0.05, 0.1) is 0 Å². The summed E-state index contributed by atoms with van der Waals surface area (Å²) in [5.74, 6) is -0.903. The number of ether oxygens (including phenoxy) is 3. The zero-order valence-electron chi connectivity index (χ0n) is 43.0. The van der Waals surface area contributed by atoms with Crippen molar-refractivity contribution in [3.63, 3.8) is 0 Å². The Morgan fingerprint density at radius 3 is 0.892 bits per heavy atom. The van der Waals surface area contributed by atoms with Gasteiger partial charge in [-0.15, -0.1) is 0 Å². The molecule has 0 amide bonds. The van der Waals surface area contributed by atoms with Crippen molar-refractivity contribution in [1.82, 2.24) is 0 Å². The lowest BCUT2D eigenvalue weighted by Crippen LogP contribution is -2.30. The molecular formula is C59H104O6. The molecule has 0 heterocycles. The lowest BCUT2D eigenvalue weighted by Gasteiger charge is -2.18. The van der Waals surface area contributed by atoms with Crippen LogP contribution in [0.4, 0.5) is 0 Å². The molecule has 0 aromatic carbocycles. The van der Waals surface area contributed by atoms with Gasteiger partial charge in [0.15, 0.2) is 6.10 Å². The van der Waals surface area contributed by atoms with Gasteiger partial charge in [0.25, 0.3) is 0 Å². The molecule has 0 saturated carbocycles. The molecule has 6 nitrogen and oxygen atoms in total. The number of carbonyl (C=O) groups excluding carboxylic acids is 3. The van der Waals surface area contributed by atoms with Crippen molar-refractivity contribution in [1.29, 1.82) is 0 Å². The average Bonchev–Trinajstić information content (AvgIpc) is 3.30. The summed E-state index contributed by atoms with van der Waals surface area (Å²) in [5.41, 5.74) is 0. The first-order valence-electron chi connectivity index (χ1n) is 27.8. The average molecular weight is 909 g/mol. The zero-order chi connectivity index (χ0) is 47.2. The highest BCUT2D eigenvalue weighted by Crippen LogP contribution is 2.15. The molecule has 0 radical (unpaired) electrons. The van der Waals surface area contributed by atoms with E-state index in [1.165, 1.54) is 141 Å². The second-order valence-electron chi connectivity index (χ2n) is 18.5. The molecule has 6 heteroatoms. The molecule has 0 aliphatic rings. The third-order valence-electron chi connectivity index (χ3n) is 12.0. The summed E-state index contributed by atoms with van der Waals surface area (Å²) in [5, 5.41) is 0. The van der Waals surface area contributed by atoms with Crippen LogP contribution in [0.5, 0.6) is 0 Å². The lowest BCUT2D eigenvalue weighted by molar-refractivity contribution is -0.167. The number of hydrogen-bond donors (Lipinski definition) is 0. The number of esters is 3. The predicted octanol–water partition coefficient (Wildman–Crippen LogP) is 18.4. The molecule has 0 saturated heterocycles. The summed E-state index contributed by atoms with van der Waals surface area (Å²) >= 11 is 0. The van der Waals surface area contributed by atoms with Gasteiger partial charge in [0.2, 0.25) is 0 Å². The number of allylic oxidation sites excluding steroid dienone is 10. The van der Waals surface area contributed by atoms with E-state index in [1.807, 2.05) is 0 Å². The number of unbranched alkanes of at least 4 members (excludes halogenated alkanes) is 29. The first-order chi connectivity index (χ1) is 32.0. The molecule has 0 bridgehead atoms. The molecule has 0 fully saturated rings. The van der Waals surface area contributed by atoms with Crippen LogP contribution in [0.25, 0.3) is 0 Å². The summed E-state index contributed by atoms with van der Waals surface area (Å²) in [6.45, 7) is 6.57. The van der Waals surface area contributed by atoms with Gasteiger partial charge in [0, 0.05) is 19.3 Å². The van der Waals surface area contributed by atoms with E-state index >= 15 is 0 Å². The van der Waals surface area contributed by atoms with Crippen LogP contribution in [0.3, 0.4) is 0 Å². The number of rotatable bonds is 50. The Kier molecular flexibility index (Phi) is 51.3. The second kappa shape index (κ2) is 53.7. The highest BCUT2D eigenvalue weighted by atomic mass is 16.6. The Morgan fingerprint density at radius 2 is 0.554 bits per heavy atom. The van der Waals surface area contributed by atoms with E-state index in [0.29, 0.717) is 19.3 Å². The SMILES string of the molecule is CCCCC/C=C\C/C=C\CCCCCCCCCCCC(=O)OC[C@@H](COC(=O)CCCCCCC/C=C\CCCCCC)OC(=O)CCCCCCC/C=C\C/C=C\CCCCC. The third kappa shape index (κ3) is 51.9. The Morgan fingerprint density at radius 1 is 0.308 bits per heavy atom. The van der Waals surface area contributed by atoms with Crippen LogP contribution in [-0.4, -0.2) is 37.2 Å². The highest BCUT2D eigenvalue weighted by molar-refractivity contribution is 5.71. The summed E-state index contributed by atoms with van der Waals surface area (Å²) in [6.07, 6.45) is 66.3. The van der Waals surface area contributed by atoms with Gasteiger partial charge in [-0.05, 0) is 109 Å². The Hall–Kier alpha value is -2.89. The molecule has 1 atom stereocenters. The molecule has 0 aromatic rings. The molecule has 0 aliphatic heterocycles. The van der Waals surface area contributed by atoms with Crippen molar-refractivity contribution < 1.29 is 28.6 Å². The maximum Gasteiger partial charge on any atom is 0.306 e. The fraction of sp³-hybridized carbons (Fsp3) is 0.780. The van der Waals surface area contributed by atoms with Gasteiger partial charge in [-0.1, -0.05) is 210 Å². The van der Waals surface area contributed by atoms with Crippen molar-refractivity contribution in [2.45, 2.75) is 284 Å². The van der Waals surface area contributed by atoms with E-state index in [2.05, 4.69) is 81.5 Å². The minimum Gasteiger partial charge on any atom is -0.462 e. The zero-order valence-corrected chi connectivity index (χ0v) is 43.0. The van der Waals surface area contributed by atoms with Gasteiger partial charge in [-0.2, -0.15) is 0 Å². The van der Waals surface area contributed by atoms with Crippen molar-refractivity contribution in [3.05, 3.63) is 60.8 Å². The molecule has 0 unspecified atom stereocenters. The highest BCUT2D eigenvalue weighted by Gasteiger charge is 2.19. The first kappa shape index (κ1) is 62.1. The summed E-state index contributed by atoms with van der Waals surface area (Å²) in [7, 11) is 0. The molecule has 65 heavy (non-hydrogen) atoms. The Bertz CT molecular complexity index is 1180. The fourth-order valence-corrected chi connectivity index (χ4v) is 7.73. The topological polar surface area (TPSA) is 78.9 Å². The van der Waals surface area contributed by atoms with Crippen LogP contribution < -0.4 is 0 Å². The quantitative estimate of drug-likeness (QED) is 0.0262. The summed E-state index contributed by atoms with van der Waals surface area (Å²) in [6, 6.07) is 0. The predicted molar refractivity (Wildman–Crippen MR) is 279 cm³/mol. The smallest absolute Gasteiger partial charge is 0.306 e. The van der Waals surface area contributed by atoms with Crippen molar-refractivity contribution in [3.8, 4) is 0 Å². The molecule has 0 rings (SSSR count). The van der Waals surface area contributed by atoms with E-state index in [0.717, 1.165) is 96.3 Å². The molecule has 376 valence electrons. The second-order valence-corrected chi connectivity index (χ2v) is 18.5.